The van der Waals surface area contributed by atoms with Gasteiger partial charge in [0.1, 0.15) is 6.20 Å². The van der Waals surface area contributed by atoms with Crippen molar-refractivity contribution in [2.24, 2.45) is 13.0 Å². The lowest BCUT2D eigenvalue weighted by Crippen LogP contribution is -2.51. The number of aromatic nitrogens is 3. The molecule has 0 bridgehead atoms. The minimum absolute atomic E-state index is 0.0711. The number of anilines is 1. The van der Waals surface area contributed by atoms with Gasteiger partial charge in [0.2, 0.25) is 10.0 Å². The van der Waals surface area contributed by atoms with Crippen LogP contribution in [0.5, 0.6) is 0 Å². The van der Waals surface area contributed by atoms with E-state index in [9.17, 15) is 13.2 Å². The van der Waals surface area contributed by atoms with Crippen molar-refractivity contribution in [2.45, 2.75) is 32.7 Å². The van der Waals surface area contributed by atoms with E-state index < -0.39 is 10.0 Å². The predicted molar refractivity (Wildman–Crippen MR) is 103 cm³/mol. The molecule has 0 saturated carbocycles. The smallest absolute Gasteiger partial charge is 0.320 e. The van der Waals surface area contributed by atoms with Crippen molar-refractivity contribution in [3.05, 3.63) is 18.5 Å². The van der Waals surface area contributed by atoms with Crippen LogP contribution < -0.4 is 15.2 Å². The van der Waals surface area contributed by atoms with E-state index in [0.717, 1.165) is 24.0 Å². The zero-order chi connectivity index (χ0) is 19.6. The van der Waals surface area contributed by atoms with Crippen LogP contribution in [0.1, 0.15) is 26.7 Å². The fourth-order valence-electron chi connectivity index (χ4n) is 3.37. The molecule has 1 aliphatic rings. The molecule has 10 heteroatoms. The van der Waals surface area contributed by atoms with Crippen molar-refractivity contribution >= 4 is 33.0 Å². The number of hydrogen-bond acceptors (Lipinski definition) is 4. The van der Waals surface area contributed by atoms with E-state index >= 15 is 0 Å². The first-order chi connectivity index (χ1) is 12.7. The maximum Gasteiger partial charge on any atom is 0.320 e. The molecule has 148 valence electrons. The molecule has 9 nitrogen and oxygen atoms in total. The van der Waals surface area contributed by atoms with Gasteiger partial charge in [-0.15, -0.1) is 0 Å². The number of aromatic amines is 1. The van der Waals surface area contributed by atoms with E-state index in [1.54, 1.807) is 12.4 Å². The number of amides is 2. The molecule has 3 heterocycles. The van der Waals surface area contributed by atoms with Crippen molar-refractivity contribution in [3.8, 4) is 0 Å². The zero-order valence-electron chi connectivity index (χ0n) is 15.9. The average molecular weight is 396 g/mol. The third-order valence-electron chi connectivity index (χ3n) is 4.51. The second kappa shape index (κ2) is 7.81. The molecule has 2 aromatic rings. The van der Waals surface area contributed by atoms with E-state index in [0.29, 0.717) is 18.9 Å². The number of carbonyl (C=O) groups is 1. The van der Waals surface area contributed by atoms with Gasteiger partial charge in [-0.05, 0) is 18.8 Å². The Hall–Kier alpha value is -2.20. The maximum absolute atomic E-state index is 12.4. The highest BCUT2D eigenvalue weighted by Crippen LogP contribution is 2.16. The molecular formula is C17H27N6O3S+. The Labute approximate surface area is 159 Å². The van der Waals surface area contributed by atoms with E-state index in [1.807, 2.05) is 31.5 Å². The number of H-pyrrole nitrogens is 1. The van der Waals surface area contributed by atoms with Crippen LogP contribution in [0.25, 0.3) is 11.2 Å². The molecular weight excluding hydrogens is 368 g/mol. The largest absolute Gasteiger partial charge is 0.334 e. The second-order valence-corrected chi connectivity index (χ2v) is 9.43. The average Bonchev–Trinajstić information content (AvgIpc) is 3.03. The normalized spacial score (nSPS) is 18.7. The highest BCUT2D eigenvalue weighted by Gasteiger charge is 2.30. The fourth-order valence-corrected chi connectivity index (χ4v) is 5.24. The standard InChI is InChI=1S/C17H26N6O3S/c1-12(2)11-27(25,26)23-8-4-5-13(9-23)19-17(24)21-15-10-22(3)16-14(20-15)6-7-18-16/h6-7,10,12-13H,4-5,8-9,11H2,1-3H3,(H2,19,21,24)/p+1. The van der Waals surface area contributed by atoms with Crippen LogP contribution in [0.15, 0.2) is 18.5 Å². The van der Waals surface area contributed by atoms with Gasteiger partial charge in [-0.2, -0.15) is 4.31 Å². The summed E-state index contributed by atoms with van der Waals surface area (Å²) in [6, 6.07) is 1.23. The lowest BCUT2D eigenvalue weighted by atomic mass is 10.1. The van der Waals surface area contributed by atoms with Gasteiger partial charge in [0.15, 0.2) is 11.3 Å². The quantitative estimate of drug-likeness (QED) is 0.655. The lowest BCUT2D eigenvalue weighted by Gasteiger charge is -2.32. The van der Waals surface area contributed by atoms with Crippen LogP contribution in [0.2, 0.25) is 0 Å². The number of fused-ring (bicyclic) bond motifs is 1. The van der Waals surface area contributed by atoms with Crippen molar-refractivity contribution in [1.29, 1.82) is 0 Å². The molecule has 3 N–H and O–H groups in total. The van der Waals surface area contributed by atoms with Crippen molar-refractivity contribution in [1.82, 2.24) is 19.6 Å². The molecule has 2 aromatic heterocycles. The van der Waals surface area contributed by atoms with Crippen molar-refractivity contribution < 1.29 is 17.8 Å². The highest BCUT2D eigenvalue weighted by molar-refractivity contribution is 7.89. The molecule has 3 rings (SSSR count). The van der Waals surface area contributed by atoms with Crippen molar-refractivity contribution in [3.63, 3.8) is 0 Å². The van der Waals surface area contributed by atoms with Gasteiger partial charge in [0, 0.05) is 25.2 Å². The van der Waals surface area contributed by atoms with Crippen LogP contribution in [-0.4, -0.2) is 53.6 Å². The maximum atomic E-state index is 12.4. The molecule has 0 aliphatic carbocycles. The van der Waals surface area contributed by atoms with Gasteiger partial charge in [0.25, 0.3) is 0 Å². The summed E-state index contributed by atoms with van der Waals surface area (Å²) in [5, 5.41) is 5.60. The molecule has 1 unspecified atom stereocenters. The third kappa shape index (κ3) is 4.75. The molecule has 0 radical (unpaired) electrons. The molecule has 1 atom stereocenters. The molecule has 0 aromatic carbocycles. The Balaban J connectivity index is 1.61. The van der Waals surface area contributed by atoms with Crippen LogP contribution in [0, 0.1) is 5.92 Å². The Morgan fingerprint density at radius 3 is 3.00 bits per heavy atom. The first kappa shape index (κ1) is 19.6. The summed E-state index contributed by atoms with van der Waals surface area (Å²) in [5.41, 5.74) is 1.61. The zero-order valence-corrected chi connectivity index (χ0v) is 16.7. The summed E-state index contributed by atoms with van der Waals surface area (Å²) >= 11 is 0. The fraction of sp³-hybridized carbons (Fsp3) is 0.588. The number of nitrogens with zero attached hydrogens (tertiary/aromatic N) is 3. The van der Waals surface area contributed by atoms with E-state index in [2.05, 4.69) is 20.6 Å². The summed E-state index contributed by atoms with van der Waals surface area (Å²) in [5.74, 6) is 0.632. The number of urea groups is 1. The highest BCUT2D eigenvalue weighted by atomic mass is 32.2. The lowest BCUT2D eigenvalue weighted by molar-refractivity contribution is -0.646. The summed E-state index contributed by atoms with van der Waals surface area (Å²) in [6.07, 6.45) is 4.98. The van der Waals surface area contributed by atoms with Gasteiger partial charge < -0.3 is 5.32 Å². The molecule has 1 aliphatic heterocycles. The van der Waals surface area contributed by atoms with Crippen LogP contribution in [0.3, 0.4) is 0 Å². The number of sulfonamides is 1. The summed E-state index contributed by atoms with van der Waals surface area (Å²) in [4.78, 5) is 19.8. The molecule has 1 saturated heterocycles. The summed E-state index contributed by atoms with van der Waals surface area (Å²) < 4.78 is 28.2. The number of rotatable bonds is 5. The van der Waals surface area contributed by atoms with Gasteiger partial charge in [-0.1, -0.05) is 13.8 Å². The third-order valence-corrected chi connectivity index (χ3v) is 6.72. The first-order valence-electron chi connectivity index (χ1n) is 9.13. The van der Waals surface area contributed by atoms with Crippen LogP contribution in [-0.2, 0) is 17.1 Å². The number of nitrogens with one attached hydrogen (secondary N) is 3. The van der Waals surface area contributed by atoms with Crippen molar-refractivity contribution in [2.75, 3.05) is 24.2 Å². The van der Waals surface area contributed by atoms with Crippen LogP contribution in [0.4, 0.5) is 10.6 Å². The van der Waals surface area contributed by atoms with Gasteiger partial charge in [-0.3, -0.25) is 5.32 Å². The van der Waals surface area contributed by atoms with E-state index in [1.165, 1.54) is 4.31 Å². The Morgan fingerprint density at radius 2 is 2.26 bits per heavy atom. The van der Waals surface area contributed by atoms with Gasteiger partial charge in [0.05, 0.1) is 19.0 Å². The number of piperidine rings is 1. The summed E-state index contributed by atoms with van der Waals surface area (Å²) in [7, 11) is -1.43. The SMILES string of the molecule is CC(C)CS(=O)(=O)N1CCCC(NC(=O)Nc2c[n+](C)c3[nH]ccc3n2)C1. The van der Waals surface area contributed by atoms with Gasteiger partial charge in [-0.25, -0.2) is 27.7 Å². The van der Waals surface area contributed by atoms with E-state index in [-0.39, 0.29) is 23.7 Å². The molecule has 2 amide bonds. The molecule has 1 fully saturated rings. The van der Waals surface area contributed by atoms with Gasteiger partial charge >= 0.3 is 11.7 Å². The number of hydrogen-bond donors (Lipinski definition) is 3. The summed E-state index contributed by atoms with van der Waals surface area (Å²) in [6.45, 7) is 4.59. The number of aryl methyl sites for hydroxylation is 1. The molecule has 0 spiro atoms. The predicted octanol–water partition coefficient (Wildman–Crippen LogP) is 0.959. The Bertz CT molecular complexity index is 924. The van der Waals surface area contributed by atoms with Crippen LogP contribution >= 0.6 is 0 Å². The molecule has 27 heavy (non-hydrogen) atoms. The Kier molecular flexibility index (Phi) is 5.66. The Morgan fingerprint density at radius 1 is 1.48 bits per heavy atom. The first-order valence-corrected chi connectivity index (χ1v) is 10.7. The number of carbonyl (C=O) groups excluding carboxylic acids is 1. The topological polar surface area (TPSA) is 111 Å². The monoisotopic (exact) mass is 395 g/mol. The van der Waals surface area contributed by atoms with E-state index in [4.69, 9.17) is 0 Å². The second-order valence-electron chi connectivity index (χ2n) is 7.42. The minimum Gasteiger partial charge on any atom is -0.334 e. The minimum atomic E-state index is -3.29.